The molecule has 0 radical (unpaired) electrons. The van der Waals surface area contributed by atoms with Gasteiger partial charge in [-0.2, -0.15) is 0 Å². The molecule has 1 N–H and O–H groups in total. The van der Waals surface area contributed by atoms with Gasteiger partial charge in [0.2, 0.25) is 5.91 Å². The van der Waals surface area contributed by atoms with Crippen molar-refractivity contribution >= 4 is 17.6 Å². The summed E-state index contributed by atoms with van der Waals surface area (Å²) in [6.07, 6.45) is 9.82. The van der Waals surface area contributed by atoms with Gasteiger partial charge in [0, 0.05) is 57.3 Å². The monoisotopic (exact) mass is 411 g/mol. The van der Waals surface area contributed by atoms with Gasteiger partial charge in [-0.15, -0.1) is 0 Å². The zero-order valence-electron chi connectivity index (χ0n) is 18.0. The van der Waals surface area contributed by atoms with Crippen molar-refractivity contribution in [1.29, 1.82) is 0 Å². The lowest BCUT2D eigenvalue weighted by atomic mass is 9.65. The topological polar surface area (TPSA) is 68.8 Å². The molecule has 7 nitrogen and oxygen atoms in total. The minimum absolute atomic E-state index is 0.0306. The number of aromatic nitrogens is 1. The van der Waals surface area contributed by atoms with Gasteiger partial charge in [-0.05, 0) is 69.0 Å². The smallest absolute Gasteiger partial charge is 0.321 e. The molecule has 3 saturated heterocycles. The number of pyridine rings is 1. The van der Waals surface area contributed by atoms with Crippen molar-refractivity contribution in [3.05, 3.63) is 24.5 Å². The fourth-order valence-electron chi connectivity index (χ4n) is 6.77. The summed E-state index contributed by atoms with van der Waals surface area (Å²) in [5, 5.41) is 2.98. The van der Waals surface area contributed by atoms with Gasteiger partial charge in [-0.25, -0.2) is 4.79 Å². The van der Waals surface area contributed by atoms with E-state index in [9.17, 15) is 9.59 Å². The van der Waals surface area contributed by atoms with Crippen LogP contribution in [0.3, 0.4) is 0 Å². The summed E-state index contributed by atoms with van der Waals surface area (Å²) in [6.45, 7) is 5.33. The number of carbonyl (C=O) groups is 2. The third-order valence-electron chi connectivity index (χ3n) is 8.32. The van der Waals surface area contributed by atoms with E-state index >= 15 is 0 Å². The van der Waals surface area contributed by atoms with E-state index in [0.717, 1.165) is 83.5 Å². The molecule has 1 saturated carbocycles. The zero-order valence-corrected chi connectivity index (χ0v) is 18.0. The van der Waals surface area contributed by atoms with Crippen molar-refractivity contribution in [1.82, 2.24) is 19.7 Å². The Morgan fingerprint density at radius 2 is 1.70 bits per heavy atom. The number of hydrogen-bond donors (Lipinski definition) is 1. The first kappa shape index (κ1) is 19.8. The van der Waals surface area contributed by atoms with Gasteiger partial charge < -0.3 is 20.0 Å². The molecule has 3 aliphatic heterocycles. The molecule has 162 valence electrons. The third-order valence-corrected chi connectivity index (χ3v) is 8.32. The Morgan fingerprint density at radius 1 is 1.00 bits per heavy atom. The molecule has 0 bridgehead atoms. The van der Waals surface area contributed by atoms with Crippen LogP contribution in [0.5, 0.6) is 0 Å². The maximum absolute atomic E-state index is 13.6. The Morgan fingerprint density at radius 3 is 2.40 bits per heavy atom. The highest BCUT2D eigenvalue weighted by Crippen LogP contribution is 2.62. The molecule has 1 spiro atoms. The van der Waals surface area contributed by atoms with Gasteiger partial charge in [-0.1, -0.05) is 0 Å². The molecule has 2 atom stereocenters. The number of nitrogens with one attached hydrogen (secondary N) is 1. The number of likely N-dealkylation sites (tertiary alicyclic amines) is 3. The Hall–Kier alpha value is -2.15. The summed E-state index contributed by atoms with van der Waals surface area (Å²) >= 11 is 0. The van der Waals surface area contributed by atoms with Crippen LogP contribution in [0.2, 0.25) is 0 Å². The minimum Gasteiger partial charge on any atom is -0.342 e. The quantitative estimate of drug-likeness (QED) is 0.812. The highest BCUT2D eigenvalue weighted by atomic mass is 16.2. The molecule has 7 heteroatoms. The molecule has 5 rings (SSSR count). The second-order valence-electron chi connectivity index (χ2n) is 9.92. The second-order valence-corrected chi connectivity index (χ2v) is 9.92. The van der Waals surface area contributed by atoms with Crippen molar-refractivity contribution in [3.8, 4) is 0 Å². The van der Waals surface area contributed by atoms with Crippen LogP contribution in [-0.2, 0) is 4.79 Å². The van der Waals surface area contributed by atoms with Gasteiger partial charge in [0.15, 0.2) is 0 Å². The SMILES string of the molecule is CN1C[C@H]2C3(CCN(C(=O)Nc4ccncc4)CC3)CC[C@@]2(C(=O)N2CCCC2)C1. The first-order valence-electron chi connectivity index (χ1n) is 11.5. The lowest BCUT2D eigenvalue weighted by Crippen LogP contribution is -2.50. The van der Waals surface area contributed by atoms with Gasteiger partial charge >= 0.3 is 6.03 Å². The summed E-state index contributed by atoms with van der Waals surface area (Å²) in [5.74, 6) is 0.845. The first-order valence-corrected chi connectivity index (χ1v) is 11.5. The van der Waals surface area contributed by atoms with Gasteiger partial charge in [0.25, 0.3) is 0 Å². The van der Waals surface area contributed by atoms with Crippen LogP contribution >= 0.6 is 0 Å². The summed E-state index contributed by atoms with van der Waals surface area (Å²) < 4.78 is 0. The normalized spacial score (nSPS) is 30.6. The Labute approximate surface area is 178 Å². The molecule has 1 aliphatic carbocycles. The van der Waals surface area contributed by atoms with E-state index in [0.29, 0.717) is 11.8 Å². The Balaban J connectivity index is 1.28. The van der Waals surface area contributed by atoms with Crippen molar-refractivity contribution in [2.24, 2.45) is 16.7 Å². The number of fused-ring (bicyclic) bond motifs is 2. The molecule has 4 fully saturated rings. The van der Waals surface area contributed by atoms with Gasteiger partial charge in [0.05, 0.1) is 5.41 Å². The molecule has 4 heterocycles. The van der Waals surface area contributed by atoms with E-state index in [1.807, 2.05) is 17.0 Å². The molecule has 3 amide bonds. The number of rotatable bonds is 2. The van der Waals surface area contributed by atoms with Crippen LogP contribution in [0.15, 0.2) is 24.5 Å². The minimum atomic E-state index is -0.194. The summed E-state index contributed by atoms with van der Waals surface area (Å²) in [6, 6.07) is 3.59. The molecule has 4 aliphatic rings. The van der Waals surface area contributed by atoms with E-state index in [-0.39, 0.29) is 16.9 Å². The number of urea groups is 1. The Kier molecular flexibility index (Phi) is 4.96. The van der Waals surface area contributed by atoms with E-state index in [2.05, 4.69) is 27.1 Å². The molecule has 0 unspecified atom stereocenters. The lowest BCUT2D eigenvalue weighted by molar-refractivity contribution is -0.142. The predicted octanol–water partition coefficient (Wildman–Crippen LogP) is 2.66. The van der Waals surface area contributed by atoms with E-state index in [1.54, 1.807) is 12.4 Å². The van der Waals surface area contributed by atoms with Gasteiger partial charge in [0.1, 0.15) is 0 Å². The molecule has 30 heavy (non-hydrogen) atoms. The first-order chi connectivity index (χ1) is 14.5. The average Bonchev–Trinajstić information content (AvgIpc) is 3.47. The summed E-state index contributed by atoms with van der Waals surface area (Å²) in [7, 11) is 2.17. The van der Waals surface area contributed by atoms with Crippen molar-refractivity contribution in [2.45, 2.75) is 38.5 Å². The number of anilines is 1. The standard InChI is InChI=1S/C23H33N5O2/c1-26-16-19-22(6-7-23(19,17-26)20(29)27-12-2-3-13-27)8-14-28(15-9-22)21(30)25-18-4-10-24-11-5-18/h4-5,10-11,19H,2-3,6-9,12-17H2,1H3,(H,24,25,30)/t19-,23+/m0/s1. The average molecular weight is 412 g/mol. The maximum atomic E-state index is 13.6. The fourth-order valence-corrected chi connectivity index (χ4v) is 6.77. The van der Waals surface area contributed by atoms with Crippen molar-refractivity contribution in [2.75, 3.05) is 51.6 Å². The molecule has 0 aromatic carbocycles. The number of nitrogens with zero attached hydrogens (tertiary/aromatic N) is 4. The van der Waals surface area contributed by atoms with Crippen LogP contribution in [0.1, 0.15) is 38.5 Å². The van der Waals surface area contributed by atoms with Crippen LogP contribution in [0, 0.1) is 16.7 Å². The van der Waals surface area contributed by atoms with Crippen LogP contribution in [0.4, 0.5) is 10.5 Å². The van der Waals surface area contributed by atoms with Crippen molar-refractivity contribution in [3.63, 3.8) is 0 Å². The van der Waals surface area contributed by atoms with E-state index < -0.39 is 0 Å². The second kappa shape index (κ2) is 7.52. The van der Waals surface area contributed by atoms with Crippen LogP contribution in [0.25, 0.3) is 0 Å². The zero-order chi connectivity index (χ0) is 20.8. The van der Waals surface area contributed by atoms with Crippen molar-refractivity contribution < 1.29 is 9.59 Å². The highest BCUT2D eigenvalue weighted by Gasteiger charge is 2.64. The summed E-state index contributed by atoms with van der Waals surface area (Å²) in [4.78, 5) is 36.8. The third kappa shape index (κ3) is 3.18. The number of hydrogen-bond acceptors (Lipinski definition) is 4. The van der Waals surface area contributed by atoms with E-state index in [4.69, 9.17) is 0 Å². The number of amides is 3. The largest absolute Gasteiger partial charge is 0.342 e. The van der Waals surface area contributed by atoms with Crippen LogP contribution < -0.4 is 5.32 Å². The molecule has 1 aromatic rings. The van der Waals surface area contributed by atoms with Crippen LogP contribution in [-0.4, -0.2) is 77.9 Å². The predicted molar refractivity (Wildman–Crippen MR) is 115 cm³/mol. The molecular formula is C23H33N5O2. The number of piperidine rings is 1. The van der Waals surface area contributed by atoms with Gasteiger partial charge in [-0.3, -0.25) is 9.78 Å². The number of carbonyl (C=O) groups excluding carboxylic acids is 2. The summed E-state index contributed by atoms with van der Waals surface area (Å²) in [5.41, 5.74) is 0.789. The van der Waals surface area contributed by atoms with E-state index in [1.165, 1.54) is 0 Å². The molecular weight excluding hydrogens is 378 g/mol. The highest BCUT2D eigenvalue weighted by molar-refractivity contribution is 5.89. The molecule has 1 aromatic heterocycles. The lowest BCUT2D eigenvalue weighted by Gasteiger charge is -2.44. The Bertz CT molecular complexity index is 801. The maximum Gasteiger partial charge on any atom is 0.321 e. The fraction of sp³-hybridized carbons (Fsp3) is 0.696.